The van der Waals surface area contributed by atoms with Crippen LogP contribution in [-0.4, -0.2) is 16.8 Å². The van der Waals surface area contributed by atoms with Crippen LogP contribution in [0.2, 0.25) is 0 Å². The fraction of sp³-hybridized carbons (Fsp3) is 0.250. The van der Waals surface area contributed by atoms with E-state index in [1.54, 1.807) is 0 Å². The van der Waals surface area contributed by atoms with E-state index in [-0.39, 0.29) is 11.8 Å². The fourth-order valence-electron chi connectivity index (χ4n) is 2.72. The molecule has 1 atom stereocenters. The van der Waals surface area contributed by atoms with Crippen molar-refractivity contribution >= 4 is 0 Å². The number of hydrogen-bond acceptors (Lipinski definition) is 5. The average molecular weight is 296 g/mol. The highest BCUT2D eigenvalue weighted by molar-refractivity contribution is 5.57. The monoisotopic (exact) mass is 296 g/mol. The van der Waals surface area contributed by atoms with Gasteiger partial charge in [0.2, 0.25) is 11.8 Å². The summed E-state index contributed by atoms with van der Waals surface area (Å²) in [6.07, 6.45) is 0. The van der Waals surface area contributed by atoms with Crippen molar-refractivity contribution in [2.45, 2.75) is 19.8 Å². The number of nitrogens with two attached hydrogens (primary N) is 1. The van der Waals surface area contributed by atoms with Gasteiger partial charge in [0.05, 0.1) is 12.5 Å². The number of allylic oxidation sites excluding steroid dienone is 1. The molecule has 0 spiro atoms. The largest absolute Gasteiger partial charge is 0.494 e. The molecule has 22 heavy (non-hydrogen) atoms. The zero-order chi connectivity index (χ0) is 15.7. The lowest BCUT2D eigenvalue weighted by molar-refractivity contribution is 0.334. The van der Waals surface area contributed by atoms with Gasteiger partial charge in [0.1, 0.15) is 17.4 Å². The molecule has 0 bridgehead atoms. The molecular weight excluding hydrogens is 280 g/mol. The van der Waals surface area contributed by atoms with E-state index in [1.807, 2.05) is 38.1 Å². The summed E-state index contributed by atoms with van der Waals surface area (Å²) in [5.41, 5.74) is 8.80. The molecule has 1 unspecified atom stereocenters. The molecule has 112 valence electrons. The Hall–Kier alpha value is -2.94. The van der Waals surface area contributed by atoms with Gasteiger partial charge >= 0.3 is 0 Å². The highest BCUT2D eigenvalue weighted by atomic mass is 16.5. The number of benzene rings is 1. The molecule has 0 fully saturated rings. The van der Waals surface area contributed by atoms with Crippen LogP contribution in [0, 0.1) is 18.3 Å². The van der Waals surface area contributed by atoms with Gasteiger partial charge < -0.3 is 15.2 Å². The highest BCUT2D eigenvalue weighted by Gasteiger charge is 2.35. The normalized spacial score (nSPS) is 16.7. The summed E-state index contributed by atoms with van der Waals surface area (Å²) < 4.78 is 11.2. The number of para-hydroxylation sites is 1. The van der Waals surface area contributed by atoms with Gasteiger partial charge in [-0.15, -0.1) is 5.10 Å². The number of aromatic nitrogens is 2. The van der Waals surface area contributed by atoms with Crippen molar-refractivity contribution in [1.82, 2.24) is 10.2 Å². The number of fused-ring (bicyclic) bond motifs is 1. The van der Waals surface area contributed by atoms with Crippen molar-refractivity contribution in [3.8, 4) is 17.7 Å². The molecule has 1 aliphatic rings. The first-order valence-electron chi connectivity index (χ1n) is 7.01. The van der Waals surface area contributed by atoms with E-state index in [9.17, 15) is 5.26 Å². The van der Waals surface area contributed by atoms with E-state index in [0.717, 1.165) is 22.6 Å². The van der Waals surface area contributed by atoms with Crippen molar-refractivity contribution in [2.75, 3.05) is 6.61 Å². The minimum absolute atomic E-state index is 0.0813. The second-order valence-corrected chi connectivity index (χ2v) is 4.96. The predicted molar refractivity (Wildman–Crippen MR) is 80.2 cm³/mol. The molecule has 0 saturated heterocycles. The minimum atomic E-state index is -0.352. The van der Waals surface area contributed by atoms with Crippen LogP contribution in [0.25, 0.3) is 0 Å². The van der Waals surface area contributed by atoms with Crippen molar-refractivity contribution in [3.63, 3.8) is 0 Å². The first kappa shape index (κ1) is 14.0. The van der Waals surface area contributed by atoms with E-state index in [2.05, 4.69) is 16.3 Å². The van der Waals surface area contributed by atoms with Crippen molar-refractivity contribution in [1.29, 1.82) is 5.26 Å². The number of ether oxygens (including phenoxy) is 2. The van der Waals surface area contributed by atoms with Crippen molar-refractivity contribution in [3.05, 3.63) is 52.5 Å². The molecule has 2 aromatic rings. The zero-order valence-corrected chi connectivity index (χ0v) is 12.4. The Kier molecular flexibility index (Phi) is 3.47. The van der Waals surface area contributed by atoms with Gasteiger partial charge in [0.15, 0.2) is 0 Å². The molecule has 1 aromatic carbocycles. The highest BCUT2D eigenvalue weighted by Crippen LogP contribution is 2.45. The van der Waals surface area contributed by atoms with Crippen LogP contribution in [0.15, 0.2) is 35.7 Å². The molecular formula is C16H16N4O2. The number of rotatable bonds is 3. The summed E-state index contributed by atoms with van der Waals surface area (Å²) in [6.45, 7) is 4.35. The molecule has 2 heterocycles. The van der Waals surface area contributed by atoms with Gasteiger partial charge in [-0.3, -0.25) is 5.10 Å². The van der Waals surface area contributed by atoms with Gasteiger partial charge in [-0.1, -0.05) is 18.2 Å². The lowest BCUT2D eigenvalue weighted by atomic mass is 9.83. The number of nitrogens with zero attached hydrogens (tertiary/aromatic N) is 2. The Morgan fingerprint density at radius 1 is 1.45 bits per heavy atom. The first-order valence-corrected chi connectivity index (χ1v) is 7.01. The number of H-pyrrole nitrogens is 1. The number of aryl methyl sites for hydroxylation is 1. The quantitative estimate of drug-likeness (QED) is 0.906. The summed E-state index contributed by atoms with van der Waals surface area (Å²) in [7, 11) is 0. The van der Waals surface area contributed by atoms with Crippen LogP contribution in [0.1, 0.15) is 29.7 Å². The maximum atomic E-state index is 9.53. The van der Waals surface area contributed by atoms with Crippen LogP contribution < -0.4 is 15.2 Å². The maximum absolute atomic E-state index is 9.53. The fourth-order valence-corrected chi connectivity index (χ4v) is 2.72. The Labute approximate surface area is 128 Å². The zero-order valence-electron chi connectivity index (χ0n) is 12.4. The Morgan fingerprint density at radius 2 is 2.23 bits per heavy atom. The Balaban J connectivity index is 2.24. The third-order valence-corrected chi connectivity index (χ3v) is 3.66. The van der Waals surface area contributed by atoms with E-state index in [4.69, 9.17) is 15.2 Å². The van der Waals surface area contributed by atoms with Gasteiger partial charge in [-0.25, -0.2) is 0 Å². The minimum Gasteiger partial charge on any atom is -0.494 e. The van der Waals surface area contributed by atoms with E-state index in [1.165, 1.54) is 0 Å². The molecule has 1 aromatic heterocycles. The predicted octanol–water partition coefficient (Wildman–Crippen LogP) is 2.33. The summed E-state index contributed by atoms with van der Waals surface area (Å²) in [5.74, 6) is 0.863. The van der Waals surface area contributed by atoms with E-state index in [0.29, 0.717) is 18.1 Å². The van der Waals surface area contributed by atoms with E-state index >= 15 is 0 Å². The van der Waals surface area contributed by atoms with Crippen LogP contribution >= 0.6 is 0 Å². The topological polar surface area (TPSA) is 96.9 Å². The summed E-state index contributed by atoms with van der Waals surface area (Å²) >= 11 is 0. The standard InChI is InChI=1S/C16H16N4O2/c1-3-21-12-7-5-4-6-10(12)14-11(8-17)15(18)22-16-13(14)9(2)19-20-16/h4-7,14H,3,18H2,1-2H3,(H,19,20). The lowest BCUT2D eigenvalue weighted by Gasteiger charge is -2.25. The van der Waals surface area contributed by atoms with Gasteiger partial charge in [-0.2, -0.15) is 5.26 Å². The van der Waals surface area contributed by atoms with Crippen LogP contribution in [-0.2, 0) is 0 Å². The van der Waals surface area contributed by atoms with Gasteiger partial charge in [0, 0.05) is 16.8 Å². The molecule has 0 amide bonds. The molecule has 3 rings (SSSR count). The molecule has 1 aliphatic heterocycles. The number of nitrogens with one attached hydrogen (secondary N) is 1. The SMILES string of the molecule is CCOc1ccccc1C1C(C#N)=C(N)Oc2n[nH]c(C)c21. The van der Waals surface area contributed by atoms with Crippen LogP contribution in [0.4, 0.5) is 0 Å². The maximum Gasteiger partial charge on any atom is 0.244 e. The Morgan fingerprint density at radius 3 is 2.95 bits per heavy atom. The first-order chi connectivity index (χ1) is 10.7. The lowest BCUT2D eigenvalue weighted by Crippen LogP contribution is -2.21. The average Bonchev–Trinajstić information content (AvgIpc) is 2.88. The summed E-state index contributed by atoms with van der Waals surface area (Å²) in [6, 6.07) is 9.79. The van der Waals surface area contributed by atoms with Crippen molar-refractivity contribution < 1.29 is 9.47 Å². The third-order valence-electron chi connectivity index (χ3n) is 3.66. The van der Waals surface area contributed by atoms with E-state index < -0.39 is 0 Å². The number of aromatic amines is 1. The molecule has 0 radical (unpaired) electrons. The molecule has 0 saturated carbocycles. The summed E-state index contributed by atoms with van der Waals surface area (Å²) in [4.78, 5) is 0. The number of hydrogen-bond donors (Lipinski definition) is 2. The second kappa shape index (κ2) is 5.45. The smallest absolute Gasteiger partial charge is 0.244 e. The van der Waals surface area contributed by atoms with Gasteiger partial charge in [-0.05, 0) is 19.9 Å². The van der Waals surface area contributed by atoms with Gasteiger partial charge in [0.25, 0.3) is 0 Å². The third kappa shape index (κ3) is 2.07. The molecule has 6 heteroatoms. The summed E-state index contributed by atoms with van der Waals surface area (Å²) in [5, 5.41) is 16.5. The molecule has 6 nitrogen and oxygen atoms in total. The second-order valence-electron chi connectivity index (χ2n) is 4.96. The molecule has 3 N–H and O–H groups in total. The number of nitriles is 1. The molecule has 0 aliphatic carbocycles. The van der Waals surface area contributed by atoms with Crippen LogP contribution in [0.5, 0.6) is 11.6 Å². The Bertz CT molecular complexity index is 786. The van der Waals surface area contributed by atoms with Crippen LogP contribution in [0.3, 0.4) is 0 Å². The van der Waals surface area contributed by atoms with Crippen molar-refractivity contribution in [2.24, 2.45) is 5.73 Å².